The fourth-order valence-electron chi connectivity index (χ4n) is 1.78. The quantitative estimate of drug-likeness (QED) is 0.820. The van der Waals surface area contributed by atoms with Gasteiger partial charge in [0.1, 0.15) is 5.75 Å². The highest BCUT2D eigenvalue weighted by atomic mass is 16.5. The van der Waals surface area contributed by atoms with Crippen LogP contribution in [0.1, 0.15) is 18.5 Å². The van der Waals surface area contributed by atoms with Crippen molar-refractivity contribution in [2.75, 3.05) is 20.2 Å². The normalized spacial score (nSPS) is 17.1. The van der Waals surface area contributed by atoms with Crippen molar-refractivity contribution in [2.45, 2.75) is 13.0 Å². The molecule has 0 saturated carbocycles. The fraction of sp³-hybridized carbons (Fsp3) is 0.462. The Balaban J connectivity index is 1.93. The number of hydrogen-bond acceptors (Lipinski definition) is 3. The maximum Gasteiger partial charge on any atom is 0.226 e. The van der Waals surface area contributed by atoms with Crippen LogP contribution in [0.5, 0.6) is 5.75 Å². The lowest BCUT2D eigenvalue weighted by Crippen LogP contribution is -2.51. The smallest absolute Gasteiger partial charge is 0.226 e. The first-order chi connectivity index (χ1) is 8.20. The summed E-state index contributed by atoms with van der Waals surface area (Å²) in [4.78, 5) is 11.8. The Hall–Kier alpha value is -1.55. The Kier molecular flexibility index (Phi) is 3.64. The van der Waals surface area contributed by atoms with Gasteiger partial charge >= 0.3 is 0 Å². The minimum Gasteiger partial charge on any atom is -0.497 e. The van der Waals surface area contributed by atoms with E-state index in [4.69, 9.17) is 4.74 Å². The minimum absolute atomic E-state index is 0.0361. The number of benzene rings is 1. The number of ether oxygens (including phenoxy) is 1. The molecule has 1 saturated heterocycles. The van der Waals surface area contributed by atoms with E-state index in [1.165, 1.54) is 0 Å². The summed E-state index contributed by atoms with van der Waals surface area (Å²) < 4.78 is 5.10. The van der Waals surface area contributed by atoms with Crippen LogP contribution < -0.4 is 15.4 Å². The molecule has 0 spiro atoms. The van der Waals surface area contributed by atoms with E-state index in [1.54, 1.807) is 7.11 Å². The highest BCUT2D eigenvalue weighted by molar-refractivity contribution is 5.80. The highest BCUT2D eigenvalue weighted by Crippen LogP contribution is 2.17. The van der Waals surface area contributed by atoms with Gasteiger partial charge in [0.2, 0.25) is 5.91 Å². The molecule has 0 bridgehead atoms. The van der Waals surface area contributed by atoms with Crippen LogP contribution in [0.15, 0.2) is 24.3 Å². The van der Waals surface area contributed by atoms with E-state index < -0.39 is 0 Å². The molecule has 0 radical (unpaired) electrons. The van der Waals surface area contributed by atoms with Crippen molar-refractivity contribution in [1.82, 2.24) is 10.6 Å². The first-order valence-electron chi connectivity index (χ1n) is 5.85. The predicted octanol–water partition coefficient (Wildman–Crippen LogP) is 1.09. The van der Waals surface area contributed by atoms with Gasteiger partial charge in [0.25, 0.3) is 0 Å². The van der Waals surface area contributed by atoms with Crippen molar-refractivity contribution in [3.63, 3.8) is 0 Å². The summed E-state index contributed by atoms with van der Waals surface area (Å²) in [5.74, 6) is 1.10. The molecule has 0 aliphatic carbocycles. The van der Waals surface area contributed by atoms with Gasteiger partial charge < -0.3 is 15.4 Å². The first-order valence-corrected chi connectivity index (χ1v) is 5.85. The van der Waals surface area contributed by atoms with Crippen LogP contribution >= 0.6 is 0 Å². The van der Waals surface area contributed by atoms with E-state index in [-0.39, 0.29) is 17.9 Å². The van der Waals surface area contributed by atoms with Gasteiger partial charge in [0, 0.05) is 13.1 Å². The van der Waals surface area contributed by atoms with E-state index in [9.17, 15) is 4.79 Å². The van der Waals surface area contributed by atoms with Crippen molar-refractivity contribution >= 4 is 5.91 Å². The molecule has 92 valence electrons. The van der Waals surface area contributed by atoms with Gasteiger partial charge in [0.05, 0.1) is 19.1 Å². The van der Waals surface area contributed by atoms with Gasteiger partial charge in [-0.15, -0.1) is 0 Å². The molecule has 17 heavy (non-hydrogen) atoms. The average molecular weight is 234 g/mol. The fourth-order valence-corrected chi connectivity index (χ4v) is 1.78. The van der Waals surface area contributed by atoms with E-state index in [2.05, 4.69) is 10.6 Å². The van der Waals surface area contributed by atoms with Crippen LogP contribution in [0.4, 0.5) is 0 Å². The number of hydrogen-bond donors (Lipinski definition) is 2. The molecular formula is C13H18N2O2. The zero-order valence-electron chi connectivity index (χ0n) is 10.2. The third-order valence-corrected chi connectivity index (χ3v) is 3.13. The summed E-state index contributed by atoms with van der Waals surface area (Å²) in [7, 11) is 1.64. The Bertz CT molecular complexity index is 385. The Labute approximate surface area is 101 Å². The van der Waals surface area contributed by atoms with Crippen molar-refractivity contribution in [3.05, 3.63) is 29.8 Å². The molecule has 2 rings (SSSR count). The molecule has 1 amide bonds. The van der Waals surface area contributed by atoms with Gasteiger partial charge in [-0.1, -0.05) is 12.1 Å². The summed E-state index contributed by atoms with van der Waals surface area (Å²) >= 11 is 0. The Morgan fingerprint density at radius 2 is 2.06 bits per heavy atom. The SMILES string of the molecule is COc1ccc([C@@H](C)NC(=O)C2CNC2)cc1. The molecular weight excluding hydrogens is 216 g/mol. The molecule has 1 aliphatic rings. The second-order valence-electron chi connectivity index (χ2n) is 4.36. The lowest BCUT2D eigenvalue weighted by molar-refractivity contribution is -0.127. The molecule has 4 heteroatoms. The third kappa shape index (κ3) is 2.77. The number of amides is 1. The molecule has 1 atom stereocenters. The van der Waals surface area contributed by atoms with Crippen LogP contribution in [0, 0.1) is 5.92 Å². The van der Waals surface area contributed by atoms with Crippen LogP contribution in [0.25, 0.3) is 0 Å². The van der Waals surface area contributed by atoms with Gasteiger partial charge in [0.15, 0.2) is 0 Å². The van der Waals surface area contributed by atoms with Crippen molar-refractivity contribution in [2.24, 2.45) is 5.92 Å². The zero-order valence-corrected chi connectivity index (χ0v) is 10.2. The average Bonchev–Trinajstić information content (AvgIpc) is 2.26. The number of carbonyl (C=O) groups is 1. The van der Waals surface area contributed by atoms with E-state index >= 15 is 0 Å². The lowest BCUT2D eigenvalue weighted by atomic mass is 10.0. The van der Waals surface area contributed by atoms with Crippen molar-refractivity contribution in [3.8, 4) is 5.75 Å². The van der Waals surface area contributed by atoms with Gasteiger partial charge in [-0.25, -0.2) is 0 Å². The van der Waals surface area contributed by atoms with Crippen LogP contribution in [0.3, 0.4) is 0 Å². The standard InChI is InChI=1S/C13H18N2O2/c1-9(15-13(16)11-7-14-8-11)10-3-5-12(17-2)6-4-10/h3-6,9,11,14H,7-8H2,1-2H3,(H,15,16)/t9-/m1/s1. The number of rotatable bonds is 4. The first kappa shape index (κ1) is 11.9. The number of nitrogens with one attached hydrogen (secondary N) is 2. The van der Waals surface area contributed by atoms with Gasteiger partial charge in [-0.3, -0.25) is 4.79 Å². The lowest BCUT2D eigenvalue weighted by Gasteiger charge is -2.27. The molecule has 2 N–H and O–H groups in total. The summed E-state index contributed by atoms with van der Waals surface area (Å²) in [6.07, 6.45) is 0. The second-order valence-corrected chi connectivity index (χ2v) is 4.36. The Morgan fingerprint density at radius 3 is 2.53 bits per heavy atom. The molecule has 1 aromatic rings. The van der Waals surface area contributed by atoms with Crippen LogP contribution in [0.2, 0.25) is 0 Å². The van der Waals surface area contributed by atoms with Crippen LogP contribution in [-0.4, -0.2) is 26.1 Å². The summed E-state index contributed by atoms with van der Waals surface area (Å²) in [5, 5.41) is 6.11. The van der Waals surface area contributed by atoms with Gasteiger partial charge in [-0.05, 0) is 24.6 Å². The van der Waals surface area contributed by atoms with Crippen LogP contribution in [-0.2, 0) is 4.79 Å². The summed E-state index contributed by atoms with van der Waals surface area (Å²) in [6.45, 7) is 3.58. The number of methoxy groups -OCH3 is 1. The van der Waals surface area contributed by atoms with E-state index in [1.807, 2.05) is 31.2 Å². The van der Waals surface area contributed by atoms with Crippen molar-refractivity contribution in [1.29, 1.82) is 0 Å². The van der Waals surface area contributed by atoms with Crippen molar-refractivity contribution < 1.29 is 9.53 Å². The molecule has 4 nitrogen and oxygen atoms in total. The summed E-state index contributed by atoms with van der Waals surface area (Å²) in [6, 6.07) is 7.80. The molecule has 0 aromatic heterocycles. The molecule has 1 aromatic carbocycles. The maximum absolute atomic E-state index is 11.8. The topological polar surface area (TPSA) is 50.4 Å². The third-order valence-electron chi connectivity index (χ3n) is 3.13. The molecule has 1 aliphatic heterocycles. The number of carbonyl (C=O) groups excluding carboxylic acids is 1. The summed E-state index contributed by atoms with van der Waals surface area (Å²) in [5.41, 5.74) is 1.09. The maximum atomic E-state index is 11.8. The Morgan fingerprint density at radius 1 is 1.41 bits per heavy atom. The van der Waals surface area contributed by atoms with E-state index in [0.29, 0.717) is 0 Å². The van der Waals surface area contributed by atoms with Gasteiger partial charge in [-0.2, -0.15) is 0 Å². The second kappa shape index (κ2) is 5.19. The predicted molar refractivity (Wildman–Crippen MR) is 65.9 cm³/mol. The molecule has 0 unspecified atom stereocenters. The minimum atomic E-state index is 0.0361. The largest absolute Gasteiger partial charge is 0.497 e. The molecule has 1 heterocycles. The zero-order chi connectivity index (χ0) is 12.3. The van der Waals surface area contributed by atoms with E-state index in [0.717, 1.165) is 24.4 Å². The monoisotopic (exact) mass is 234 g/mol. The highest BCUT2D eigenvalue weighted by Gasteiger charge is 2.25. The molecule has 1 fully saturated rings.